The number of methoxy groups -OCH3 is 1. The van der Waals surface area contributed by atoms with E-state index in [1.807, 2.05) is 0 Å². The van der Waals surface area contributed by atoms with Crippen molar-refractivity contribution in [3.8, 4) is 0 Å². The Morgan fingerprint density at radius 2 is 2.00 bits per heavy atom. The highest BCUT2D eigenvalue weighted by Crippen LogP contribution is 2.28. The third kappa shape index (κ3) is 3.28. The van der Waals surface area contributed by atoms with Gasteiger partial charge in [-0.2, -0.15) is 5.10 Å². The van der Waals surface area contributed by atoms with Gasteiger partial charge in [-0.25, -0.2) is 0 Å². The topological polar surface area (TPSA) is 47.3 Å². The molecule has 0 saturated heterocycles. The zero-order valence-electron chi connectivity index (χ0n) is 10.4. The van der Waals surface area contributed by atoms with Crippen molar-refractivity contribution in [3.63, 3.8) is 0 Å². The van der Waals surface area contributed by atoms with E-state index in [1.165, 1.54) is 6.20 Å². The number of ether oxygens (including phenoxy) is 1. The molecule has 4 nitrogen and oxygen atoms in total. The van der Waals surface area contributed by atoms with Crippen LogP contribution in [-0.4, -0.2) is 28.6 Å². The van der Waals surface area contributed by atoms with Crippen LogP contribution in [0.3, 0.4) is 0 Å². The summed E-state index contributed by atoms with van der Waals surface area (Å²) in [5.74, 6) is 0. The minimum atomic E-state index is -0.843. The second kappa shape index (κ2) is 6.39. The minimum Gasteiger partial charge on any atom is -0.383 e. The first-order valence-electron chi connectivity index (χ1n) is 5.77. The van der Waals surface area contributed by atoms with Gasteiger partial charge < -0.3 is 9.84 Å². The van der Waals surface area contributed by atoms with E-state index >= 15 is 0 Å². The van der Waals surface area contributed by atoms with Gasteiger partial charge >= 0.3 is 0 Å². The maximum Gasteiger partial charge on any atom is 0.122 e. The molecule has 0 amide bonds. The van der Waals surface area contributed by atoms with Gasteiger partial charge in [0.15, 0.2) is 0 Å². The van der Waals surface area contributed by atoms with E-state index in [0.29, 0.717) is 34.5 Å². The molecule has 1 unspecified atom stereocenters. The molecule has 2 aromatic rings. The number of hydrogen-bond donors (Lipinski definition) is 1. The van der Waals surface area contributed by atoms with Crippen molar-refractivity contribution in [1.82, 2.24) is 9.78 Å². The van der Waals surface area contributed by atoms with E-state index < -0.39 is 6.10 Å². The smallest absolute Gasteiger partial charge is 0.122 e. The third-order valence-corrected chi connectivity index (χ3v) is 3.33. The lowest BCUT2D eigenvalue weighted by Crippen LogP contribution is -2.13. The molecule has 19 heavy (non-hydrogen) atoms. The zero-order valence-corrected chi connectivity index (χ0v) is 11.9. The van der Waals surface area contributed by atoms with Gasteiger partial charge in [0.1, 0.15) is 6.10 Å². The SMILES string of the molecule is COCCn1ncc(Cl)c1C(O)c1ccc(Cl)cc1. The fraction of sp³-hybridized carbons (Fsp3) is 0.308. The number of nitrogens with zero attached hydrogens (tertiary/aromatic N) is 2. The molecule has 0 spiro atoms. The Morgan fingerprint density at radius 1 is 1.32 bits per heavy atom. The number of aliphatic hydroxyl groups excluding tert-OH is 1. The first-order valence-corrected chi connectivity index (χ1v) is 6.52. The third-order valence-electron chi connectivity index (χ3n) is 2.79. The van der Waals surface area contributed by atoms with E-state index in [-0.39, 0.29) is 0 Å². The van der Waals surface area contributed by atoms with Crippen molar-refractivity contribution in [3.05, 3.63) is 51.8 Å². The molecule has 102 valence electrons. The maximum absolute atomic E-state index is 10.4. The molecule has 0 aliphatic heterocycles. The molecule has 0 bridgehead atoms. The Morgan fingerprint density at radius 3 is 2.63 bits per heavy atom. The van der Waals surface area contributed by atoms with Crippen LogP contribution in [0.1, 0.15) is 17.4 Å². The number of hydrogen-bond acceptors (Lipinski definition) is 3. The van der Waals surface area contributed by atoms with Crippen LogP contribution in [0.15, 0.2) is 30.5 Å². The van der Waals surface area contributed by atoms with Crippen LogP contribution in [-0.2, 0) is 11.3 Å². The lowest BCUT2D eigenvalue weighted by molar-refractivity contribution is 0.171. The largest absolute Gasteiger partial charge is 0.383 e. The lowest BCUT2D eigenvalue weighted by Gasteiger charge is -2.14. The molecular weight excluding hydrogens is 287 g/mol. The predicted molar refractivity (Wildman–Crippen MR) is 74.6 cm³/mol. The Bertz CT molecular complexity index is 540. The first kappa shape index (κ1) is 14.3. The van der Waals surface area contributed by atoms with Crippen molar-refractivity contribution >= 4 is 23.2 Å². The van der Waals surface area contributed by atoms with E-state index in [1.54, 1.807) is 36.1 Å². The van der Waals surface area contributed by atoms with Crippen LogP contribution >= 0.6 is 23.2 Å². The van der Waals surface area contributed by atoms with Gasteiger partial charge in [-0.1, -0.05) is 35.3 Å². The van der Waals surface area contributed by atoms with Gasteiger partial charge in [0, 0.05) is 12.1 Å². The van der Waals surface area contributed by atoms with Gasteiger partial charge in [0.05, 0.1) is 30.1 Å². The number of halogens is 2. The highest BCUT2D eigenvalue weighted by atomic mass is 35.5. The van der Waals surface area contributed by atoms with Crippen LogP contribution < -0.4 is 0 Å². The normalized spacial score (nSPS) is 12.6. The van der Waals surface area contributed by atoms with Gasteiger partial charge in [-0.3, -0.25) is 4.68 Å². The first-order chi connectivity index (χ1) is 9.13. The van der Waals surface area contributed by atoms with Crippen LogP contribution in [0, 0.1) is 0 Å². The second-order valence-corrected chi connectivity index (χ2v) is 4.89. The van der Waals surface area contributed by atoms with E-state index in [9.17, 15) is 5.11 Å². The summed E-state index contributed by atoms with van der Waals surface area (Å²) in [6, 6.07) is 6.97. The number of aromatic nitrogens is 2. The number of rotatable bonds is 5. The summed E-state index contributed by atoms with van der Waals surface area (Å²) >= 11 is 11.9. The molecule has 0 aliphatic carbocycles. The molecule has 0 aliphatic rings. The van der Waals surface area contributed by atoms with Crippen molar-refractivity contribution in [2.75, 3.05) is 13.7 Å². The van der Waals surface area contributed by atoms with E-state index in [4.69, 9.17) is 27.9 Å². The molecule has 0 fully saturated rings. The molecule has 6 heteroatoms. The summed E-state index contributed by atoms with van der Waals surface area (Å²) in [7, 11) is 1.61. The molecular formula is C13H14Cl2N2O2. The van der Waals surface area contributed by atoms with Crippen molar-refractivity contribution in [2.45, 2.75) is 12.6 Å². The van der Waals surface area contributed by atoms with E-state index in [2.05, 4.69) is 5.10 Å². The summed E-state index contributed by atoms with van der Waals surface area (Å²) in [6.07, 6.45) is 0.676. The average molecular weight is 301 g/mol. The summed E-state index contributed by atoms with van der Waals surface area (Å²) in [4.78, 5) is 0. The van der Waals surface area contributed by atoms with Gasteiger partial charge in [-0.15, -0.1) is 0 Å². The van der Waals surface area contributed by atoms with Gasteiger partial charge in [0.25, 0.3) is 0 Å². The second-order valence-electron chi connectivity index (χ2n) is 4.05. The number of aliphatic hydroxyl groups is 1. The van der Waals surface area contributed by atoms with Crippen LogP contribution in [0.5, 0.6) is 0 Å². The summed E-state index contributed by atoms with van der Waals surface area (Å²) in [5.41, 5.74) is 1.27. The molecule has 2 rings (SSSR count). The molecule has 1 aromatic heterocycles. The predicted octanol–water partition coefficient (Wildman–Crippen LogP) is 2.92. The summed E-state index contributed by atoms with van der Waals surface area (Å²) in [5, 5.41) is 15.6. The lowest BCUT2D eigenvalue weighted by atomic mass is 10.1. The molecule has 0 saturated carbocycles. The highest BCUT2D eigenvalue weighted by molar-refractivity contribution is 6.31. The zero-order chi connectivity index (χ0) is 13.8. The average Bonchev–Trinajstić information content (AvgIpc) is 2.77. The van der Waals surface area contributed by atoms with Gasteiger partial charge in [0.2, 0.25) is 0 Å². The fourth-order valence-corrected chi connectivity index (χ4v) is 2.17. The quantitative estimate of drug-likeness (QED) is 0.923. The molecule has 1 N–H and O–H groups in total. The van der Waals surface area contributed by atoms with Crippen LogP contribution in [0.4, 0.5) is 0 Å². The molecule has 1 heterocycles. The van der Waals surface area contributed by atoms with Crippen molar-refractivity contribution in [1.29, 1.82) is 0 Å². The monoisotopic (exact) mass is 300 g/mol. The maximum atomic E-state index is 10.4. The Balaban J connectivity index is 2.29. The van der Waals surface area contributed by atoms with E-state index in [0.717, 1.165) is 0 Å². The van der Waals surface area contributed by atoms with Crippen LogP contribution in [0.25, 0.3) is 0 Å². The van der Waals surface area contributed by atoms with Crippen molar-refractivity contribution in [2.24, 2.45) is 0 Å². The molecule has 1 atom stereocenters. The molecule has 1 aromatic carbocycles. The Hall–Kier alpha value is -1.07. The standard InChI is InChI=1S/C13H14Cl2N2O2/c1-19-7-6-17-12(11(15)8-16-17)13(18)9-2-4-10(14)5-3-9/h2-5,8,13,18H,6-7H2,1H3. The molecule has 0 radical (unpaired) electrons. The summed E-state index contributed by atoms with van der Waals surface area (Å²) in [6.45, 7) is 1.03. The Labute approximate surface area is 121 Å². The number of benzene rings is 1. The summed E-state index contributed by atoms with van der Waals surface area (Å²) < 4.78 is 6.65. The minimum absolute atomic E-state index is 0.429. The van der Waals surface area contributed by atoms with Crippen LogP contribution in [0.2, 0.25) is 10.0 Å². The highest BCUT2D eigenvalue weighted by Gasteiger charge is 2.19. The Kier molecular flexibility index (Phi) is 4.82. The van der Waals surface area contributed by atoms with Gasteiger partial charge in [-0.05, 0) is 17.7 Å². The fourth-order valence-electron chi connectivity index (χ4n) is 1.80. The van der Waals surface area contributed by atoms with Crippen molar-refractivity contribution < 1.29 is 9.84 Å².